The highest BCUT2D eigenvalue weighted by Crippen LogP contribution is 2.36. The van der Waals surface area contributed by atoms with Gasteiger partial charge in [-0.1, -0.05) is 26.0 Å². The van der Waals surface area contributed by atoms with Crippen molar-refractivity contribution in [3.05, 3.63) is 25.3 Å². The monoisotopic (exact) mass is 236 g/mol. The van der Waals surface area contributed by atoms with E-state index in [-0.39, 0.29) is 11.3 Å². The normalized spacial score (nSPS) is 23.7. The Morgan fingerprint density at radius 3 is 2.35 bits per heavy atom. The minimum absolute atomic E-state index is 0.234. The van der Waals surface area contributed by atoms with E-state index in [1.807, 2.05) is 4.90 Å². The molecule has 0 aromatic carbocycles. The summed E-state index contributed by atoms with van der Waals surface area (Å²) in [5.74, 6) is 0.583. The first kappa shape index (κ1) is 14.0. The summed E-state index contributed by atoms with van der Waals surface area (Å²) in [6.45, 7) is 14.6. The zero-order valence-electron chi connectivity index (χ0n) is 11.0. The fourth-order valence-corrected chi connectivity index (χ4v) is 2.50. The standard InChI is InChI=1S/C14H24N2O/c1-5-9-16(10-6-2)13(17)14(12(3)4)7-8-15-11-14/h5-6,12,15H,1-2,7-11H2,3-4H3. The Labute approximate surface area is 105 Å². The van der Waals surface area contributed by atoms with Crippen LogP contribution in [0.5, 0.6) is 0 Å². The largest absolute Gasteiger partial charge is 0.335 e. The molecule has 1 rings (SSSR count). The lowest BCUT2D eigenvalue weighted by Crippen LogP contribution is -2.48. The molecule has 1 amide bonds. The Morgan fingerprint density at radius 1 is 1.41 bits per heavy atom. The molecular formula is C14H24N2O. The molecule has 1 fully saturated rings. The summed E-state index contributed by atoms with van der Waals surface area (Å²) in [4.78, 5) is 14.5. The average Bonchev–Trinajstić information content (AvgIpc) is 2.78. The quantitative estimate of drug-likeness (QED) is 0.714. The molecule has 1 atom stereocenters. The van der Waals surface area contributed by atoms with Gasteiger partial charge in [-0.15, -0.1) is 13.2 Å². The van der Waals surface area contributed by atoms with Gasteiger partial charge in [-0.3, -0.25) is 4.79 Å². The molecular weight excluding hydrogens is 212 g/mol. The van der Waals surface area contributed by atoms with Crippen LogP contribution >= 0.6 is 0 Å². The highest BCUT2D eigenvalue weighted by Gasteiger charge is 2.45. The summed E-state index contributed by atoms with van der Waals surface area (Å²) in [6, 6.07) is 0. The van der Waals surface area contributed by atoms with E-state index < -0.39 is 0 Å². The molecule has 3 heteroatoms. The van der Waals surface area contributed by atoms with E-state index in [4.69, 9.17) is 0 Å². The van der Waals surface area contributed by atoms with Gasteiger partial charge in [-0.05, 0) is 18.9 Å². The van der Waals surface area contributed by atoms with Crippen molar-refractivity contribution in [2.45, 2.75) is 20.3 Å². The number of hydrogen-bond donors (Lipinski definition) is 1. The fourth-order valence-electron chi connectivity index (χ4n) is 2.50. The molecule has 1 aliphatic rings. The van der Waals surface area contributed by atoms with Gasteiger partial charge in [0.25, 0.3) is 0 Å². The van der Waals surface area contributed by atoms with Gasteiger partial charge < -0.3 is 10.2 Å². The number of amides is 1. The number of carbonyl (C=O) groups excluding carboxylic acids is 1. The first-order chi connectivity index (χ1) is 8.08. The maximum atomic E-state index is 12.7. The van der Waals surface area contributed by atoms with E-state index in [2.05, 4.69) is 32.3 Å². The fraction of sp³-hybridized carbons (Fsp3) is 0.643. The maximum absolute atomic E-state index is 12.7. The first-order valence-corrected chi connectivity index (χ1v) is 6.30. The molecule has 0 saturated carbocycles. The third-order valence-electron chi connectivity index (χ3n) is 3.71. The van der Waals surface area contributed by atoms with Crippen molar-refractivity contribution in [2.24, 2.45) is 11.3 Å². The molecule has 1 unspecified atom stereocenters. The van der Waals surface area contributed by atoms with Crippen molar-refractivity contribution in [3.63, 3.8) is 0 Å². The Morgan fingerprint density at radius 2 is 2.00 bits per heavy atom. The zero-order valence-corrected chi connectivity index (χ0v) is 11.0. The summed E-state index contributed by atoms with van der Waals surface area (Å²) < 4.78 is 0. The van der Waals surface area contributed by atoms with Gasteiger partial charge in [-0.2, -0.15) is 0 Å². The van der Waals surface area contributed by atoms with Crippen molar-refractivity contribution < 1.29 is 4.79 Å². The van der Waals surface area contributed by atoms with E-state index in [0.29, 0.717) is 19.0 Å². The molecule has 0 aromatic heterocycles. The van der Waals surface area contributed by atoms with Crippen molar-refractivity contribution in [1.82, 2.24) is 10.2 Å². The van der Waals surface area contributed by atoms with Crippen LogP contribution in [-0.2, 0) is 4.79 Å². The smallest absolute Gasteiger partial charge is 0.230 e. The topological polar surface area (TPSA) is 32.3 Å². The van der Waals surface area contributed by atoms with Gasteiger partial charge in [0.2, 0.25) is 5.91 Å². The predicted molar refractivity (Wildman–Crippen MR) is 71.7 cm³/mol. The van der Waals surface area contributed by atoms with Crippen LogP contribution in [0.15, 0.2) is 25.3 Å². The third-order valence-corrected chi connectivity index (χ3v) is 3.71. The molecule has 0 radical (unpaired) electrons. The van der Waals surface area contributed by atoms with Gasteiger partial charge >= 0.3 is 0 Å². The first-order valence-electron chi connectivity index (χ1n) is 6.30. The third kappa shape index (κ3) is 2.78. The van der Waals surface area contributed by atoms with Gasteiger partial charge in [-0.25, -0.2) is 0 Å². The number of rotatable bonds is 6. The van der Waals surface area contributed by atoms with Crippen LogP contribution in [0.2, 0.25) is 0 Å². The minimum atomic E-state index is -0.244. The van der Waals surface area contributed by atoms with Crippen LogP contribution in [0.4, 0.5) is 0 Å². The Bertz CT molecular complexity index is 281. The van der Waals surface area contributed by atoms with E-state index in [0.717, 1.165) is 19.5 Å². The van der Waals surface area contributed by atoms with E-state index in [9.17, 15) is 4.79 Å². The lowest BCUT2D eigenvalue weighted by atomic mass is 9.75. The molecule has 0 spiro atoms. The number of nitrogens with zero attached hydrogens (tertiary/aromatic N) is 1. The van der Waals surface area contributed by atoms with Crippen LogP contribution in [-0.4, -0.2) is 37.0 Å². The van der Waals surface area contributed by atoms with E-state index in [1.54, 1.807) is 12.2 Å². The zero-order chi connectivity index (χ0) is 12.9. The average molecular weight is 236 g/mol. The number of carbonyl (C=O) groups is 1. The second-order valence-corrected chi connectivity index (χ2v) is 5.03. The van der Waals surface area contributed by atoms with Crippen LogP contribution in [0, 0.1) is 11.3 Å². The van der Waals surface area contributed by atoms with Crippen molar-refractivity contribution in [3.8, 4) is 0 Å². The Balaban J connectivity index is 2.89. The summed E-state index contributed by atoms with van der Waals surface area (Å²) in [6.07, 6.45) is 4.48. The number of hydrogen-bond acceptors (Lipinski definition) is 2. The molecule has 0 aliphatic carbocycles. The van der Waals surface area contributed by atoms with Crippen molar-refractivity contribution >= 4 is 5.91 Å². The molecule has 1 heterocycles. The second-order valence-electron chi connectivity index (χ2n) is 5.03. The van der Waals surface area contributed by atoms with E-state index >= 15 is 0 Å². The summed E-state index contributed by atoms with van der Waals surface area (Å²) in [5, 5.41) is 3.32. The van der Waals surface area contributed by atoms with Crippen molar-refractivity contribution in [1.29, 1.82) is 0 Å². The SMILES string of the molecule is C=CCN(CC=C)C(=O)C1(C(C)C)CCNC1. The lowest BCUT2D eigenvalue weighted by molar-refractivity contribution is -0.142. The van der Waals surface area contributed by atoms with Crippen LogP contribution < -0.4 is 5.32 Å². The molecule has 1 N–H and O–H groups in total. The molecule has 17 heavy (non-hydrogen) atoms. The second kappa shape index (κ2) is 6.01. The predicted octanol–water partition coefficient (Wildman–Crippen LogP) is 1.82. The molecule has 1 saturated heterocycles. The maximum Gasteiger partial charge on any atom is 0.230 e. The summed E-state index contributed by atoms with van der Waals surface area (Å²) >= 11 is 0. The van der Waals surface area contributed by atoms with Crippen molar-refractivity contribution in [2.75, 3.05) is 26.2 Å². The molecule has 0 aromatic rings. The van der Waals surface area contributed by atoms with Gasteiger partial charge in [0.15, 0.2) is 0 Å². The highest BCUT2D eigenvalue weighted by molar-refractivity contribution is 5.84. The lowest BCUT2D eigenvalue weighted by Gasteiger charge is -2.36. The molecule has 96 valence electrons. The summed E-state index contributed by atoms with van der Waals surface area (Å²) in [7, 11) is 0. The van der Waals surface area contributed by atoms with E-state index in [1.165, 1.54) is 0 Å². The van der Waals surface area contributed by atoms with Gasteiger partial charge in [0.1, 0.15) is 0 Å². The number of nitrogens with one attached hydrogen (secondary N) is 1. The van der Waals surface area contributed by atoms with Gasteiger partial charge in [0.05, 0.1) is 5.41 Å². The highest BCUT2D eigenvalue weighted by atomic mass is 16.2. The van der Waals surface area contributed by atoms with Crippen LogP contribution in [0.3, 0.4) is 0 Å². The van der Waals surface area contributed by atoms with Gasteiger partial charge in [0, 0.05) is 19.6 Å². The molecule has 1 aliphatic heterocycles. The molecule has 3 nitrogen and oxygen atoms in total. The minimum Gasteiger partial charge on any atom is -0.335 e. The van der Waals surface area contributed by atoms with Crippen LogP contribution in [0.25, 0.3) is 0 Å². The summed E-state index contributed by atoms with van der Waals surface area (Å²) in [5.41, 5.74) is -0.244. The molecule has 0 bridgehead atoms. The Hall–Kier alpha value is -1.09. The Kier molecular flexibility index (Phi) is 4.94. The van der Waals surface area contributed by atoms with Crippen LogP contribution in [0.1, 0.15) is 20.3 Å².